The molecule has 0 aromatic carbocycles. The predicted molar refractivity (Wildman–Crippen MR) is 93.2 cm³/mol. The number of halogens is 1. The molecule has 25 heavy (non-hydrogen) atoms. The quantitative estimate of drug-likeness (QED) is 0.682. The highest BCUT2D eigenvalue weighted by atomic mass is 35.5. The van der Waals surface area contributed by atoms with Gasteiger partial charge < -0.3 is 4.90 Å². The van der Waals surface area contributed by atoms with Crippen molar-refractivity contribution in [1.29, 1.82) is 0 Å². The number of hydrogen-bond donors (Lipinski definition) is 0. The summed E-state index contributed by atoms with van der Waals surface area (Å²) in [6.07, 6.45) is 3.05. The smallest absolute Gasteiger partial charge is 0.262 e. The van der Waals surface area contributed by atoms with E-state index in [-0.39, 0.29) is 10.2 Å². The Kier molecular flexibility index (Phi) is 4.06. The number of imidazole rings is 1. The average molecular weight is 379 g/mol. The van der Waals surface area contributed by atoms with Crippen LogP contribution in [0.1, 0.15) is 0 Å². The molecule has 0 saturated carbocycles. The maximum atomic E-state index is 13.0. The summed E-state index contributed by atoms with van der Waals surface area (Å²) in [5.74, 6) is 0.850. The maximum absolute atomic E-state index is 13.0. The fourth-order valence-corrected chi connectivity index (χ4v) is 4.42. The molecule has 1 fully saturated rings. The SMILES string of the molecule is O=S(=O)(c1cnc2ccc(Cl)nn12)N1CCN(c2ccccn2)CC1. The number of piperazine rings is 1. The van der Waals surface area contributed by atoms with Gasteiger partial charge in [-0.15, -0.1) is 0 Å². The summed E-state index contributed by atoms with van der Waals surface area (Å²) in [7, 11) is -3.70. The predicted octanol–water partition coefficient (Wildman–Crippen LogP) is 1.29. The van der Waals surface area contributed by atoms with Crippen molar-refractivity contribution in [2.75, 3.05) is 31.1 Å². The fourth-order valence-electron chi connectivity index (χ4n) is 2.84. The Morgan fingerprint density at radius 3 is 2.52 bits per heavy atom. The van der Waals surface area contributed by atoms with Crippen LogP contribution in [0.3, 0.4) is 0 Å². The van der Waals surface area contributed by atoms with Crippen LogP contribution in [0.5, 0.6) is 0 Å². The summed E-state index contributed by atoms with van der Waals surface area (Å²) in [6.45, 7) is 1.88. The Morgan fingerprint density at radius 2 is 1.80 bits per heavy atom. The van der Waals surface area contributed by atoms with E-state index in [1.165, 1.54) is 15.0 Å². The molecule has 0 amide bonds. The second-order valence-electron chi connectivity index (χ2n) is 5.60. The summed E-state index contributed by atoms with van der Waals surface area (Å²) >= 11 is 5.89. The van der Waals surface area contributed by atoms with Crippen LogP contribution in [-0.2, 0) is 10.0 Å². The molecular formula is C15H15ClN6O2S. The van der Waals surface area contributed by atoms with Crippen molar-refractivity contribution in [2.45, 2.75) is 5.03 Å². The minimum atomic E-state index is -3.70. The van der Waals surface area contributed by atoms with Gasteiger partial charge in [0.05, 0.1) is 6.20 Å². The minimum Gasteiger partial charge on any atom is -0.354 e. The minimum absolute atomic E-state index is 0.0243. The van der Waals surface area contributed by atoms with Crippen LogP contribution < -0.4 is 4.90 Å². The Bertz CT molecular complexity index is 999. The van der Waals surface area contributed by atoms with Crippen molar-refractivity contribution in [2.24, 2.45) is 0 Å². The highest BCUT2D eigenvalue weighted by molar-refractivity contribution is 7.89. The number of sulfonamides is 1. The van der Waals surface area contributed by atoms with Crippen molar-refractivity contribution in [3.8, 4) is 0 Å². The fraction of sp³-hybridized carbons (Fsp3) is 0.267. The van der Waals surface area contributed by atoms with E-state index in [9.17, 15) is 8.42 Å². The number of hydrogen-bond acceptors (Lipinski definition) is 6. The van der Waals surface area contributed by atoms with E-state index in [0.29, 0.717) is 31.8 Å². The zero-order valence-corrected chi connectivity index (χ0v) is 14.7. The molecule has 0 spiro atoms. The van der Waals surface area contributed by atoms with Gasteiger partial charge in [0, 0.05) is 32.4 Å². The molecule has 0 radical (unpaired) electrons. The number of rotatable bonds is 3. The van der Waals surface area contributed by atoms with Crippen LogP contribution in [0.4, 0.5) is 5.82 Å². The molecular weight excluding hydrogens is 364 g/mol. The van der Waals surface area contributed by atoms with E-state index in [4.69, 9.17) is 11.6 Å². The van der Waals surface area contributed by atoms with Crippen LogP contribution in [0.2, 0.25) is 5.15 Å². The third-order valence-corrected chi connectivity index (χ3v) is 6.17. The number of anilines is 1. The normalized spacial score (nSPS) is 16.4. The molecule has 10 heteroatoms. The molecule has 0 bridgehead atoms. The lowest BCUT2D eigenvalue weighted by atomic mass is 10.3. The number of nitrogens with zero attached hydrogens (tertiary/aromatic N) is 6. The molecule has 4 heterocycles. The molecule has 4 rings (SSSR count). The van der Waals surface area contributed by atoms with Crippen molar-refractivity contribution in [3.05, 3.63) is 47.9 Å². The molecule has 3 aromatic rings. The summed E-state index contributed by atoms with van der Waals surface area (Å²) in [4.78, 5) is 10.5. The molecule has 1 aliphatic heterocycles. The first kappa shape index (κ1) is 16.2. The first-order chi connectivity index (χ1) is 12.1. The second-order valence-corrected chi connectivity index (χ2v) is 7.87. The largest absolute Gasteiger partial charge is 0.354 e. The van der Waals surface area contributed by atoms with Gasteiger partial charge in [-0.2, -0.15) is 13.9 Å². The van der Waals surface area contributed by atoms with Gasteiger partial charge in [-0.25, -0.2) is 18.4 Å². The molecule has 0 atom stereocenters. The van der Waals surface area contributed by atoms with Crippen molar-refractivity contribution in [3.63, 3.8) is 0 Å². The van der Waals surface area contributed by atoms with Crippen molar-refractivity contribution >= 4 is 33.1 Å². The Balaban J connectivity index is 1.58. The summed E-state index contributed by atoms with van der Waals surface area (Å²) in [6, 6.07) is 8.90. The van der Waals surface area contributed by atoms with Gasteiger partial charge in [0.15, 0.2) is 10.7 Å². The molecule has 8 nitrogen and oxygen atoms in total. The highest BCUT2D eigenvalue weighted by Crippen LogP contribution is 2.21. The first-order valence-corrected chi connectivity index (χ1v) is 9.54. The van der Waals surface area contributed by atoms with E-state index in [1.54, 1.807) is 18.3 Å². The first-order valence-electron chi connectivity index (χ1n) is 7.72. The molecule has 0 aliphatic carbocycles. The molecule has 1 aliphatic rings. The monoisotopic (exact) mass is 378 g/mol. The van der Waals surface area contributed by atoms with Gasteiger partial charge in [0.2, 0.25) is 0 Å². The highest BCUT2D eigenvalue weighted by Gasteiger charge is 2.31. The van der Waals surface area contributed by atoms with E-state index >= 15 is 0 Å². The van der Waals surface area contributed by atoms with Gasteiger partial charge in [0.25, 0.3) is 10.0 Å². The average Bonchev–Trinajstić information content (AvgIpc) is 3.06. The van der Waals surface area contributed by atoms with Crippen molar-refractivity contribution in [1.82, 2.24) is 23.9 Å². The third kappa shape index (κ3) is 2.94. The van der Waals surface area contributed by atoms with Crippen LogP contribution in [0.15, 0.2) is 47.8 Å². The second kappa shape index (κ2) is 6.25. The molecule has 130 valence electrons. The Morgan fingerprint density at radius 1 is 1.00 bits per heavy atom. The summed E-state index contributed by atoms with van der Waals surface area (Å²) in [5, 5.41) is 4.29. The van der Waals surface area contributed by atoms with Crippen LogP contribution in [-0.4, -0.2) is 58.5 Å². The number of aromatic nitrogens is 4. The Hall–Kier alpha value is -2.23. The third-order valence-electron chi connectivity index (χ3n) is 4.11. The van der Waals surface area contributed by atoms with Crippen LogP contribution >= 0.6 is 11.6 Å². The van der Waals surface area contributed by atoms with E-state index in [0.717, 1.165) is 5.82 Å². The zero-order valence-electron chi connectivity index (χ0n) is 13.2. The molecule has 0 N–H and O–H groups in total. The van der Waals surface area contributed by atoms with Crippen LogP contribution in [0, 0.1) is 0 Å². The van der Waals surface area contributed by atoms with Gasteiger partial charge in [0.1, 0.15) is 11.0 Å². The number of fused-ring (bicyclic) bond motifs is 1. The van der Waals surface area contributed by atoms with Crippen LogP contribution in [0.25, 0.3) is 5.65 Å². The molecule has 3 aromatic heterocycles. The number of pyridine rings is 1. The van der Waals surface area contributed by atoms with Crippen molar-refractivity contribution < 1.29 is 8.42 Å². The zero-order chi connectivity index (χ0) is 17.4. The van der Waals surface area contributed by atoms with Gasteiger partial charge in [-0.3, -0.25) is 0 Å². The van der Waals surface area contributed by atoms with E-state index in [1.807, 2.05) is 18.2 Å². The van der Waals surface area contributed by atoms with E-state index in [2.05, 4.69) is 20.0 Å². The molecule has 0 unspecified atom stereocenters. The van der Waals surface area contributed by atoms with Gasteiger partial charge >= 0.3 is 0 Å². The molecule has 1 saturated heterocycles. The summed E-state index contributed by atoms with van der Waals surface area (Å²) in [5.41, 5.74) is 0.440. The Labute approximate surface area is 149 Å². The maximum Gasteiger partial charge on any atom is 0.262 e. The topological polar surface area (TPSA) is 83.7 Å². The van der Waals surface area contributed by atoms with E-state index < -0.39 is 10.0 Å². The van der Waals surface area contributed by atoms with Gasteiger partial charge in [-0.05, 0) is 24.3 Å². The lowest BCUT2D eigenvalue weighted by Gasteiger charge is -2.34. The van der Waals surface area contributed by atoms with Gasteiger partial charge in [-0.1, -0.05) is 17.7 Å². The summed E-state index contributed by atoms with van der Waals surface area (Å²) < 4.78 is 28.6. The standard InChI is InChI=1S/C15H15ClN6O2S/c16-12-4-5-14-18-11-15(22(14)19-12)25(23,24)21-9-7-20(8-10-21)13-3-1-2-6-17-13/h1-6,11H,7-10H2. The lowest BCUT2D eigenvalue weighted by molar-refractivity contribution is 0.381. The lowest BCUT2D eigenvalue weighted by Crippen LogP contribution is -2.49.